The van der Waals surface area contributed by atoms with Crippen molar-refractivity contribution in [1.29, 1.82) is 0 Å². The Labute approximate surface area is 131 Å². The maximum Gasteiger partial charge on any atom is 0.201 e. The molecule has 0 radical (unpaired) electrons. The number of likely N-dealkylation sites (tertiary alicyclic amines) is 1. The van der Waals surface area contributed by atoms with Crippen LogP contribution in [0.15, 0.2) is 18.6 Å². The Morgan fingerprint density at radius 3 is 2.91 bits per heavy atom. The van der Waals surface area contributed by atoms with Gasteiger partial charge in [0.1, 0.15) is 11.5 Å². The molecule has 6 heteroatoms. The van der Waals surface area contributed by atoms with Crippen molar-refractivity contribution in [3.8, 4) is 11.5 Å². The quantitative estimate of drug-likeness (QED) is 0.943. The zero-order chi connectivity index (χ0) is 15.6. The van der Waals surface area contributed by atoms with Gasteiger partial charge >= 0.3 is 0 Å². The van der Waals surface area contributed by atoms with Crippen molar-refractivity contribution in [3.05, 3.63) is 24.4 Å². The Balaban J connectivity index is 1.70. The molecule has 2 aromatic heterocycles. The van der Waals surface area contributed by atoms with Crippen LogP contribution in [-0.4, -0.2) is 49.7 Å². The van der Waals surface area contributed by atoms with Gasteiger partial charge in [0.2, 0.25) is 5.82 Å². The third-order valence-electron chi connectivity index (χ3n) is 3.89. The van der Waals surface area contributed by atoms with Crippen LogP contribution in [0.25, 0.3) is 11.5 Å². The molecule has 3 rings (SSSR count). The lowest BCUT2D eigenvalue weighted by Gasteiger charge is -2.35. The van der Waals surface area contributed by atoms with Crippen LogP contribution in [0.1, 0.15) is 45.4 Å². The molecule has 1 N–H and O–H groups in total. The van der Waals surface area contributed by atoms with Gasteiger partial charge in [0.15, 0.2) is 0 Å². The Kier molecular flexibility index (Phi) is 4.20. The zero-order valence-electron chi connectivity index (χ0n) is 13.6. The Morgan fingerprint density at radius 1 is 1.32 bits per heavy atom. The molecule has 0 saturated carbocycles. The topological polar surface area (TPSA) is 70.6 Å². The molecule has 3 heterocycles. The lowest BCUT2D eigenvalue weighted by atomic mass is 9.92. The summed E-state index contributed by atoms with van der Waals surface area (Å²) in [6.07, 6.45) is 7.39. The van der Waals surface area contributed by atoms with Gasteiger partial charge in [-0.05, 0) is 24.8 Å². The summed E-state index contributed by atoms with van der Waals surface area (Å²) >= 11 is 0. The van der Waals surface area contributed by atoms with E-state index in [1.807, 2.05) is 0 Å². The number of hydrogen-bond acceptors (Lipinski definition) is 5. The monoisotopic (exact) mass is 300 g/mol. The van der Waals surface area contributed by atoms with Crippen LogP contribution < -0.4 is 0 Å². The number of aromatic amines is 1. The number of H-pyrrole nitrogens is 1. The molecule has 0 unspecified atom stereocenters. The van der Waals surface area contributed by atoms with Crippen LogP contribution in [0.5, 0.6) is 0 Å². The standard InChI is InChI=1S/C16H24N6/c1-16(2,3)11-22-8-4-5-12(10-22)14-19-15(21-20-14)13-9-17-6-7-18-13/h6-7,9,12H,4-5,8,10-11H2,1-3H3,(H,19,20,21)/t12-/m1/s1. The van der Waals surface area contributed by atoms with E-state index in [9.17, 15) is 0 Å². The summed E-state index contributed by atoms with van der Waals surface area (Å²) in [5, 5.41) is 7.41. The second-order valence-corrected chi connectivity index (χ2v) is 7.27. The van der Waals surface area contributed by atoms with Crippen LogP contribution in [0.3, 0.4) is 0 Å². The van der Waals surface area contributed by atoms with Crippen molar-refractivity contribution in [2.75, 3.05) is 19.6 Å². The summed E-state index contributed by atoms with van der Waals surface area (Å²) < 4.78 is 0. The molecule has 6 nitrogen and oxygen atoms in total. The molecule has 0 aromatic carbocycles. The first-order valence-corrected chi connectivity index (χ1v) is 7.92. The SMILES string of the molecule is CC(C)(C)CN1CCC[C@@H](c2nc(-c3cnccn3)n[nH]2)C1. The number of nitrogens with zero attached hydrogens (tertiary/aromatic N) is 5. The third-order valence-corrected chi connectivity index (χ3v) is 3.89. The number of nitrogens with one attached hydrogen (secondary N) is 1. The van der Waals surface area contributed by atoms with E-state index in [1.165, 1.54) is 13.0 Å². The van der Waals surface area contributed by atoms with Gasteiger partial charge in [-0.15, -0.1) is 0 Å². The largest absolute Gasteiger partial charge is 0.302 e. The molecule has 1 atom stereocenters. The molecule has 1 aliphatic rings. The van der Waals surface area contributed by atoms with Crippen molar-refractivity contribution in [1.82, 2.24) is 30.0 Å². The molecule has 2 aromatic rings. The van der Waals surface area contributed by atoms with Gasteiger partial charge in [0.05, 0.1) is 6.20 Å². The molecule has 0 spiro atoms. The van der Waals surface area contributed by atoms with Gasteiger partial charge in [0, 0.05) is 31.4 Å². The van der Waals surface area contributed by atoms with Crippen LogP contribution in [-0.2, 0) is 0 Å². The lowest BCUT2D eigenvalue weighted by Crippen LogP contribution is -2.39. The summed E-state index contributed by atoms with van der Waals surface area (Å²) in [7, 11) is 0. The summed E-state index contributed by atoms with van der Waals surface area (Å²) in [6.45, 7) is 10.2. The maximum atomic E-state index is 4.64. The fourth-order valence-corrected chi connectivity index (χ4v) is 3.08. The van der Waals surface area contributed by atoms with Crippen molar-refractivity contribution in [2.45, 2.75) is 39.5 Å². The molecule has 1 aliphatic heterocycles. The van der Waals surface area contributed by atoms with E-state index in [2.05, 4.69) is 50.8 Å². The average molecular weight is 300 g/mol. The lowest BCUT2D eigenvalue weighted by molar-refractivity contribution is 0.148. The highest BCUT2D eigenvalue weighted by molar-refractivity contribution is 5.46. The minimum atomic E-state index is 0.327. The second-order valence-electron chi connectivity index (χ2n) is 7.27. The number of hydrogen-bond donors (Lipinski definition) is 1. The summed E-state index contributed by atoms with van der Waals surface area (Å²) in [5.41, 5.74) is 1.04. The molecule has 1 saturated heterocycles. The number of piperidine rings is 1. The Morgan fingerprint density at radius 2 is 2.18 bits per heavy atom. The van der Waals surface area contributed by atoms with E-state index in [-0.39, 0.29) is 0 Å². The second kappa shape index (κ2) is 6.12. The molecule has 0 bridgehead atoms. The Hall–Kier alpha value is -1.82. The highest BCUT2D eigenvalue weighted by atomic mass is 15.2. The fourth-order valence-electron chi connectivity index (χ4n) is 3.08. The van der Waals surface area contributed by atoms with E-state index >= 15 is 0 Å². The fraction of sp³-hybridized carbons (Fsp3) is 0.625. The van der Waals surface area contributed by atoms with Crippen LogP contribution >= 0.6 is 0 Å². The Bertz CT molecular complexity index is 601. The number of aromatic nitrogens is 5. The van der Waals surface area contributed by atoms with E-state index in [1.54, 1.807) is 18.6 Å². The van der Waals surface area contributed by atoms with Crippen molar-refractivity contribution < 1.29 is 0 Å². The zero-order valence-corrected chi connectivity index (χ0v) is 13.6. The van der Waals surface area contributed by atoms with Gasteiger partial charge in [-0.25, -0.2) is 9.97 Å². The first-order valence-electron chi connectivity index (χ1n) is 7.92. The van der Waals surface area contributed by atoms with Gasteiger partial charge in [-0.3, -0.25) is 10.1 Å². The van der Waals surface area contributed by atoms with Crippen LogP contribution in [0.4, 0.5) is 0 Å². The molecule has 118 valence electrons. The van der Waals surface area contributed by atoms with E-state index in [0.29, 0.717) is 22.9 Å². The third kappa shape index (κ3) is 3.68. The summed E-state index contributed by atoms with van der Waals surface area (Å²) in [4.78, 5) is 15.5. The van der Waals surface area contributed by atoms with E-state index in [0.717, 1.165) is 25.3 Å². The van der Waals surface area contributed by atoms with E-state index in [4.69, 9.17) is 0 Å². The predicted molar refractivity (Wildman–Crippen MR) is 85.3 cm³/mol. The number of rotatable bonds is 3. The molecule has 1 fully saturated rings. The normalized spacial score (nSPS) is 20.2. The molecular formula is C16H24N6. The van der Waals surface area contributed by atoms with Crippen molar-refractivity contribution in [3.63, 3.8) is 0 Å². The van der Waals surface area contributed by atoms with E-state index < -0.39 is 0 Å². The van der Waals surface area contributed by atoms with Crippen LogP contribution in [0, 0.1) is 5.41 Å². The molecular weight excluding hydrogens is 276 g/mol. The van der Waals surface area contributed by atoms with Gasteiger partial charge in [-0.1, -0.05) is 20.8 Å². The van der Waals surface area contributed by atoms with Gasteiger partial charge in [-0.2, -0.15) is 5.10 Å². The minimum Gasteiger partial charge on any atom is -0.302 e. The van der Waals surface area contributed by atoms with Crippen LogP contribution in [0.2, 0.25) is 0 Å². The summed E-state index contributed by atoms with van der Waals surface area (Å²) in [5.74, 6) is 2.03. The first kappa shape index (κ1) is 15.1. The van der Waals surface area contributed by atoms with Crippen molar-refractivity contribution >= 4 is 0 Å². The maximum absolute atomic E-state index is 4.64. The van der Waals surface area contributed by atoms with Gasteiger partial charge < -0.3 is 4.90 Å². The highest BCUT2D eigenvalue weighted by Gasteiger charge is 2.26. The molecule has 0 aliphatic carbocycles. The molecule has 22 heavy (non-hydrogen) atoms. The highest BCUT2D eigenvalue weighted by Crippen LogP contribution is 2.27. The smallest absolute Gasteiger partial charge is 0.201 e. The van der Waals surface area contributed by atoms with Gasteiger partial charge in [0.25, 0.3) is 0 Å². The minimum absolute atomic E-state index is 0.327. The predicted octanol–water partition coefficient (Wildman–Crippen LogP) is 2.49. The van der Waals surface area contributed by atoms with Crippen molar-refractivity contribution in [2.24, 2.45) is 5.41 Å². The molecule has 0 amide bonds. The average Bonchev–Trinajstić information content (AvgIpc) is 2.96. The summed E-state index contributed by atoms with van der Waals surface area (Å²) in [6, 6.07) is 0. The first-order chi connectivity index (χ1) is 10.5.